The van der Waals surface area contributed by atoms with E-state index in [0.29, 0.717) is 30.6 Å². The lowest BCUT2D eigenvalue weighted by molar-refractivity contribution is -0.129. The fourth-order valence-electron chi connectivity index (χ4n) is 4.49. The summed E-state index contributed by atoms with van der Waals surface area (Å²) in [6, 6.07) is 3.79. The number of aromatic nitrogens is 3. The van der Waals surface area contributed by atoms with Crippen LogP contribution >= 0.6 is 11.8 Å². The number of amides is 1. The van der Waals surface area contributed by atoms with Crippen LogP contribution in [0.1, 0.15) is 51.5 Å². The van der Waals surface area contributed by atoms with E-state index in [0.717, 1.165) is 18.0 Å². The van der Waals surface area contributed by atoms with Crippen LogP contribution in [0.3, 0.4) is 0 Å². The Kier molecular flexibility index (Phi) is 6.52. The minimum absolute atomic E-state index is 0.0534. The molecule has 1 aliphatic carbocycles. The molecule has 2 fully saturated rings. The Morgan fingerprint density at radius 2 is 2.07 bits per heavy atom. The van der Waals surface area contributed by atoms with Crippen molar-refractivity contribution in [2.24, 2.45) is 0 Å². The number of hydrogen-bond acceptors (Lipinski definition) is 7. The molecule has 1 aliphatic heterocycles. The Morgan fingerprint density at radius 3 is 2.70 bits per heavy atom. The van der Waals surface area contributed by atoms with Crippen LogP contribution in [0.25, 0.3) is 11.6 Å². The van der Waals surface area contributed by atoms with E-state index >= 15 is 0 Å². The molecule has 0 N–H and O–H groups in total. The van der Waals surface area contributed by atoms with Crippen LogP contribution < -0.4 is 0 Å². The largest absolute Gasteiger partial charge is 0.461 e. The van der Waals surface area contributed by atoms with E-state index in [4.69, 9.17) is 4.42 Å². The van der Waals surface area contributed by atoms with E-state index in [9.17, 15) is 13.2 Å². The fourth-order valence-corrected chi connectivity index (χ4v) is 7.11. The third-order valence-electron chi connectivity index (χ3n) is 5.98. The van der Waals surface area contributed by atoms with E-state index in [1.165, 1.54) is 31.0 Å². The number of thioether (sulfide) groups is 1. The van der Waals surface area contributed by atoms with Gasteiger partial charge in [0.25, 0.3) is 0 Å². The van der Waals surface area contributed by atoms with Crippen LogP contribution in [-0.2, 0) is 14.6 Å². The van der Waals surface area contributed by atoms with E-state index in [1.807, 2.05) is 19.1 Å². The molecule has 8 nitrogen and oxygen atoms in total. The third kappa shape index (κ3) is 4.59. The first-order valence-electron chi connectivity index (χ1n) is 10.6. The van der Waals surface area contributed by atoms with Gasteiger partial charge in [-0.15, -0.1) is 10.2 Å². The van der Waals surface area contributed by atoms with Crippen molar-refractivity contribution in [3.8, 4) is 11.6 Å². The van der Waals surface area contributed by atoms with Crippen molar-refractivity contribution in [3.63, 3.8) is 0 Å². The highest BCUT2D eigenvalue weighted by molar-refractivity contribution is 7.99. The number of carbonyl (C=O) groups is 1. The third-order valence-corrected chi connectivity index (χ3v) is 8.66. The van der Waals surface area contributed by atoms with E-state index in [1.54, 1.807) is 11.2 Å². The molecular weight excluding hydrogens is 424 g/mol. The van der Waals surface area contributed by atoms with Gasteiger partial charge in [0.05, 0.1) is 23.5 Å². The molecule has 1 atom stereocenters. The van der Waals surface area contributed by atoms with Crippen molar-refractivity contribution < 1.29 is 17.6 Å². The summed E-state index contributed by atoms with van der Waals surface area (Å²) >= 11 is 1.38. The molecule has 1 amide bonds. The molecule has 0 spiro atoms. The maximum absolute atomic E-state index is 12.9. The molecule has 0 bridgehead atoms. The van der Waals surface area contributed by atoms with Gasteiger partial charge in [0.1, 0.15) is 0 Å². The summed E-state index contributed by atoms with van der Waals surface area (Å²) < 4.78 is 31.3. The first kappa shape index (κ1) is 21.4. The lowest BCUT2D eigenvalue weighted by Crippen LogP contribution is -2.42. The van der Waals surface area contributed by atoms with Crippen LogP contribution in [0.5, 0.6) is 0 Å². The topological polar surface area (TPSA) is 98.3 Å². The molecule has 30 heavy (non-hydrogen) atoms. The zero-order chi connectivity index (χ0) is 21.1. The normalized spacial score (nSPS) is 21.7. The predicted molar refractivity (Wildman–Crippen MR) is 115 cm³/mol. The van der Waals surface area contributed by atoms with Crippen molar-refractivity contribution >= 4 is 27.5 Å². The molecule has 164 valence electrons. The van der Waals surface area contributed by atoms with Crippen LogP contribution in [0.4, 0.5) is 0 Å². The minimum Gasteiger partial charge on any atom is -0.461 e. The van der Waals surface area contributed by atoms with E-state index in [2.05, 4.69) is 14.8 Å². The number of sulfone groups is 1. The Balaban J connectivity index is 1.50. The molecule has 3 heterocycles. The lowest BCUT2D eigenvalue weighted by atomic mass is 9.95. The highest BCUT2D eigenvalue weighted by Gasteiger charge is 2.34. The maximum Gasteiger partial charge on any atom is 0.233 e. The molecule has 2 aliphatic rings. The quantitative estimate of drug-likeness (QED) is 0.595. The fraction of sp³-hybridized carbons (Fsp3) is 0.650. The van der Waals surface area contributed by atoms with Crippen molar-refractivity contribution in [2.45, 2.75) is 62.7 Å². The second-order valence-corrected chi connectivity index (χ2v) is 11.1. The molecule has 0 radical (unpaired) electrons. The van der Waals surface area contributed by atoms with E-state index in [-0.39, 0.29) is 29.2 Å². The molecule has 1 saturated carbocycles. The number of carbonyl (C=O) groups excluding carboxylic acids is 1. The van der Waals surface area contributed by atoms with Gasteiger partial charge >= 0.3 is 0 Å². The van der Waals surface area contributed by atoms with Crippen molar-refractivity contribution in [1.29, 1.82) is 0 Å². The smallest absolute Gasteiger partial charge is 0.233 e. The first-order chi connectivity index (χ1) is 14.5. The standard InChI is InChI=1S/C20H28N4O4S2/c1-2-23(16-10-12-30(26,27)14-16)18(25)13-29-20-22-21-19(17-9-6-11-28-17)24(20)15-7-4-3-5-8-15/h6,9,11,15-16H,2-5,7-8,10,12-14H2,1H3/t16-/m1/s1. The average Bonchev–Trinajstić information content (AvgIpc) is 3.47. The predicted octanol–water partition coefficient (Wildman–Crippen LogP) is 3.17. The summed E-state index contributed by atoms with van der Waals surface area (Å²) in [4.78, 5) is 14.6. The average molecular weight is 453 g/mol. The number of hydrogen-bond donors (Lipinski definition) is 0. The van der Waals surface area contributed by atoms with Gasteiger partial charge < -0.3 is 9.32 Å². The number of furan rings is 1. The Hall–Kier alpha value is -1.81. The van der Waals surface area contributed by atoms with Crippen LogP contribution in [-0.4, -0.2) is 63.8 Å². The molecular formula is C20H28N4O4S2. The second-order valence-electron chi connectivity index (χ2n) is 7.97. The Morgan fingerprint density at radius 1 is 1.27 bits per heavy atom. The molecule has 4 rings (SSSR count). The van der Waals surface area contributed by atoms with E-state index < -0.39 is 9.84 Å². The molecule has 1 saturated heterocycles. The summed E-state index contributed by atoms with van der Waals surface area (Å²) in [5, 5.41) is 9.46. The zero-order valence-corrected chi connectivity index (χ0v) is 18.8. The summed E-state index contributed by atoms with van der Waals surface area (Å²) in [6.45, 7) is 2.40. The Bertz CT molecular complexity index is 965. The molecule has 0 unspecified atom stereocenters. The van der Waals surface area contributed by atoms with Crippen molar-refractivity contribution in [1.82, 2.24) is 19.7 Å². The molecule has 2 aromatic rings. The summed E-state index contributed by atoms with van der Waals surface area (Å²) in [7, 11) is -3.03. The number of rotatable bonds is 7. The second kappa shape index (κ2) is 9.13. The lowest BCUT2D eigenvalue weighted by Gasteiger charge is -2.27. The Labute approximate surface area is 181 Å². The summed E-state index contributed by atoms with van der Waals surface area (Å²) in [6.07, 6.45) is 7.86. The maximum atomic E-state index is 12.9. The van der Waals surface area contributed by atoms with Crippen LogP contribution in [0.2, 0.25) is 0 Å². The molecule has 2 aromatic heterocycles. The molecule has 0 aromatic carbocycles. The van der Waals surface area contributed by atoms with Gasteiger partial charge in [-0.2, -0.15) is 0 Å². The number of nitrogens with zero attached hydrogens (tertiary/aromatic N) is 4. The van der Waals surface area contributed by atoms with Gasteiger partial charge in [0, 0.05) is 18.6 Å². The van der Waals surface area contributed by atoms with Gasteiger partial charge in [-0.05, 0) is 38.3 Å². The van der Waals surface area contributed by atoms with Gasteiger partial charge in [-0.25, -0.2) is 8.42 Å². The van der Waals surface area contributed by atoms with Gasteiger partial charge in [0.15, 0.2) is 20.8 Å². The molecule has 10 heteroatoms. The highest BCUT2D eigenvalue weighted by atomic mass is 32.2. The van der Waals surface area contributed by atoms with Crippen LogP contribution in [0.15, 0.2) is 28.0 Å². The zero-order valence-electron chi connectivity index (χ0n) is 17.2. The minimum atomic E-state index is -3.03. The van der Waals surface area contributed by atoms with Gasteiger partial charge in [-0.1, -0.05) is 31.0 Å². The van der Waals surface area contributed by atoms with Crippen molar-refractivity contribution in [2.75, 3.05) is 23.8 Å². The monoisotopic (exact) mass is 452 g/mol. The summed E-state index contributed by atoms with van der Waals surface area (Å²) in [5.74, 6) is 1.78. The summed E-state index contributed by atoms with van der Waals surface area (Å²) in [5.41, 5.74) is 0. The highest BCUT2D eigenvalue weighted by Crippen LogP contribution is 2.35. The van der Waals surface area contributed by atoms with Crippen LogP contribution in [0, 0.1) is 0 Å². The van der Waals surface area contributed by atoms with Gasteiger partial charge in [-0.3, -0.25) is 9.36 Å². The first-order valence-corrected chi connectivity index (χ1v) is 13.4. The van der Waals surface area contributed by atoms with Gasteiger partial charge in [0.2, 0.25) is 11.7 Å². The SMILES string of the molecule is CCN(C(=O)CSc1nnc(-c2ccco2)n1C1CCCCC1)[C@@H]1CCS(=O)(=O)C1. The van der Waals surface area contributed by atoms with Crippen molar-refractivity contribution in [3.05, 3.63) is 18.4 Å².